The van der Waals surface area contributed by atoms with Crippen LogP contribution in [0.3, 0.4) is 0 Å². The van der Waals surface area contributed by atoms with Crippen LogP contribution < -0.4 is 16.4 Å². The second kappa shape index (κ2) is 8.57. The van der Waals surface area contributed by atoms with Crippen molar-refractivity contribution in [3.8, 4) is 0 Å². The zero-order valence-electron chi connectivity index (χ0n) is 19.0. The van der Waals surface area contributed by atoms with Gasteiger partial charge in [0.25, 0.3) is 0 Å². The number of anilines is 2. The van der Waals surface area contributed by atoms with Crippen molar-refractivity contribution in [1.29, 1.82) is 0 Å². The predicted octanol–water partition coefficient (Wildman–Crippen LogP) is 3.90. The number of nitrogens with one attached hydrogen (secondary N) is 2. The van der Waals surface area contributed by atoms with E-state index in [0.29, 0.717) is 35.2 Å². The maximum atomic E-state index is 13.1. The number of likely N-dealkylation sites (tertiary alicyclic amines) is 1. The SMILES string of the molecule is CC(C)(C)c1cc(NC(=O)[C@@H]2CCCN2C(=O)Nc2cn(C(N)=O)c3ccccc23)ccn1. The predicted molar refractivity (Wildman–Crippen MR) is 127 cm³/mol. The van der Waals surface area contributed by atoms with Gasteiger partial charge >= 0.3 is 12.1 Å². The molecule has 1 fully saturated rings. The monoisotopic (exact) mass is 448 g/mol. The lowest BCUT2D eigenvalue weighted by Gasteiger charge is -2.24. The number of pyridine rings is 1. The van der Waals surface area contributed by atoms with Gasteiger partial charge in [-0.15, -0.1) is 0 Å². The average molecular weight is 449 g/mol. The molecule has 1 saturated heterocycles. The number of hydrogen-bond acceptors (Lipinski definition) is 4. The van der Waals surface area contributed by atoms with Crippen LogP contribution in [-0.4, -0.2) is 45.0 Å². The maximum absolute atomic E-state index is 13.1. The van der Waals surface area contributed by atoms with E-state index in [0.717, 1.165) is 12.1 Å². The number of urea groups is 1. The zero-order chi connectivity index (χ0) is 23.8. The van der Waals surface area contributed by atoms with Gasteiger partial charge in [-0.1, -0.05) is 39.0 Å². The zero-order valence-corrected chi connectivity index (χ0v) is 19.0. The highest BCUT2D eigenvalue weighted by Gasteiger charge is 2.34. The Morgan fingerprint density at radius 1 is 1.12 bits per heavy atom. The summed E-state index contributed by atoms with van der Waals surface area (Å²) >= 11 is 0. The fourth-order valence-corrected chi connectivity index (χ4v) is 4.07. The Bertz CT molecular complexity index is 1230. The number of hydrogen-bond donors (Lipinski definition) is 3. The van der Waals surface area contributed by atoms with Gasteiger partial charge < -0.3 is 21.3 Å². The highest BCUT2D eigenvalue weighted by molar-refractivity contribution is 6.06. The normalized spacial score (nSPS) is 16.1. The molecule has 0 bridgehead atoms. The third kappa shape index (κ3) is 4.52. The summed E-state index contributed by atoms with van der Waals surface area (Å²) < 4.78 is 1.29. The Balaban J connectivity index is 1.51. The number of primary amides is 1. The van der Waals surface area contributed by atoms with Crippen LogP contribution in [0.5, 0.6) is 0 Å². The first-order chi connectivity index (χ1) is 15.6. The van der Waals surface area contributed by atoms with Crippen molar-refractivity contribution in [3.05, 3.63) is 54.5 Å². The minimum atomic E-state index is -0.642. The highest BCUT2D eigenvalue weighted by Crippen LogP contribution is 2.28. The molecule has 1 aliphatic heterocycles. The Kier molecular flexibility index (Phi) is 5.80. The van der Waals surface area contributed by atoms with Crippen molar-refractivity contribution in [2.45, 2.75) is 45.1 Å². The molecule has 0 unspecified atom stereocenters. The first-order valence-corrected chi connectivity index (χ1v) is 10.9. The van der Waals surface area contributed by atoms with Crippen LogP contribution in [0.15, 0.2) is 48.8 Å². The van der Waals surface area contributed by atoms with Crippen molar-refractivity contribution in [3.63, 3.8) is 0 Å². The lowest BCUT2D eigenvalue weighted by atomic mass is 9.91. The number of rotatable bonds is 3. The van der Waals surface area contributed by atoms with Crippen molar-refractivity contribution < 1.29 is 14.4 Å². The Hall–Kier alpha value is -3.88. The average Bonchev–Trinajstić information content (AvgIpc) is 3.39. The van der Waals surface area contributed by atoms with Crippen LogP contribution in [-0.2, 0) is 10.2 Å². The van der Waals surface area contributed by atoms with Crippen molar-refractivity contribution in [2.75, 3.05) is 17.2 Å². The molecule has 4 amide bonds. The van der Waals surface area contributed by atoms with E-state index in [1.54, 1.807) is 30.5 Å². The van der Waals surface area contributed by atoms with Gasteiger partial charge in [0.1, 0.15) is 6.04 Å². The largest absolute Gasteiger partial charge is 0.351 e. The molecule has 9 nitrogen and oxygen atoms in total. The number of nitrogens with two attached hydrogens (primary N) is 1. The summed E-state index contributed by atoms with van der Waals surface area (Å²) in [5, 5.41) is 6.47. The van der Waals surface area contributed by atoms with Crippen LogP contribution in [0, 0.1) is 0 Å². The number of nitrogens with zero attached hydrogens (tertiary/aromatic N) is 3. The molecule has 0 radical (unpaired) electrons. The quantitative estimate of drug-likeness (QED) is 0.562. The summed E-state index contributed by atoms with van der Waals surface area (Å²) in [6.45, 7) is 6.62. The van der Waals surface area contributed by atoms with E-state index in [2.05, 4.69) is 36.4 Å². The second-order valence-electron chi connectivity index (χ2n) is 9.22. The van der Waals surface area contributed by atoms with Gasteiger partial charge in [-0.2, -0.15) is 0 Å². The van der Waals surface area contributed by atoms with Crippen LogP contribution >= 0.6 is 0 Å². The van der Waals surface area contributed by atoms with E-state index in [9.17, 15) is 14.4 Å². The van der Waals surface area contributed by atoms with Gasteiger partial charge in [-0.05, 0) is 31.0 Å². The topological polar surface area (TPSA) is 122 Å². The molecule has 3 heterocycles. The summed E-state index contributed by atoms with van der Waals surface area (Å²) in [6, 6.07) is 9.12. The van der Waals surface area contributed by atoms with E-state index in [-0.39, 0.29) is 11.3 Å². The number of carbonyl (C=O) groups excluding carboxylic acids is 3. The Morgan fingerprint density at radius 2 is 1.88 bits per heavy atom. The van der Waals surface area contributed by atoms with Crippen LogP contribution in [0.2, 0.25) is 0 Å². The van der Waals surface area contributed by atoms with Crippen LogP contribution in [0.1, 0.15) is 39.3 Å². The lowest BCUT2D eigenvalue weighted by Crippen LogP contribution is -2.45. The minimum Gasteiger partial charge on any atom is -0.351 e. The summed E-state index contributed by atoms with van der Waals surface area (Å²) in [6.07, 6.45) is 4.46. The van der Waals surface area contributed by atoms with Gasteiger partial charge in [0.05, 0.1) is 11.2 Å². The summed E-state index contributed by atoms with van der Waals surface area (Å²) in [5.41, 5.74) is 7.89. The molecule has 1 aromatic carbocycles. The lowest BCUT2D eigenvalue weighted by molar-refractivity contribution is -0.119. The number of aromatic nitrogens is 2. The highest BCUT2D eigenvalue weighted by atomic mass is 16.2. The minimum absolute atomic E-state index is 0.149. The standard InChI is InChI=1S/C24H28N6O3/c1-24(2,3)20-13-15(10-11-26-20)27-21(31)19-9-6-12-29(19)23(33)28-17-14-30(22(25)32)18-8-5-4-7-16(17)18/h4-5,7-8,10-11,13-14,19H,6,9,12H2,1-3H3,(H2,25,32)(H,28,33)(H,26,27,31)/t19-/m0/s1. The molecular formula is C24H28N6O3. The maximum Gasteiger partial charge on any atom is 0.323 e. The first kappa shape index (κ1) is 22.3. The number of carbonyl (C=O) groups is 3. The summed E-state index contributed by atoms with van der Waals surface area (Å²) in [4.78, 5) is 43.8. The fourth-order valence-electron chi connectivity index (χ4n) is 4.07. The van der Waals surface area contributed by atoms with Crippen LogP contribution in [0.4, 0.5) is 21.0 Å². The van der Waals surface area contributed by atoms with Crippen molar-refractivity contribution in [2.24, 2.45) is 5.73 Å². The number of fused-ring (bicyclic) bond motifs is 1. The van der Waals surface area contributed by atoms with Gasteiger partial charge in [0.2, 0.25) is 5.91 Å². The molecule has 172 valence electrons. The van der Waals surface area contributed by atoms with E-state index < -0.39 is 18.1 Å². The van der Waals surface area contributed by atoms with Crippen molar-refractivity contribution >= 4 is 40.2 Å². The third-order valence-corrected chi connectivity index (χ3v) is 5.80. The van der Waals surface area contributed by atoms with Crippen molar-refractivity contribution in [1.82, 2.24) is 14.5 Å². The summed E-state index contributed by atoms with van der Waals surface area (Å²) in [5.74, 6) is -0.242. The van der Waals surface area contributed by atoms with E-state index in [1.807, 2.05) is 12.1 Å². The molecule has 2 aromatic heterocycles. The van der Waals surface area contributed by atoms with E-state index in [1.165, 1.54) is 15.7 Å². The molecule has 4 rings (SSSR count). The number of benzene rings is 1. The molecular weight excluding hydrogens is 420 g/mol. The fraction of sp³-hybridized carbons (Fsp3) is 0.333. The van der Waals surface area contributed by atoms with E-state index in [4.69, 9.17) is 5.73 Å². The molecule has 0 saturated carbocycles. The Morgan fingerprint density at radius 3 is 2.61 bits per heavy atom. The third-order valence-electron chi connectivity index (χ3n) is 5.80. The van der Waals surface area contributed by atoms with Gasteiger partial charge in [-0.3, -0.25) is 14.3 Å². The molecule has 33 heavy (non-hydrogen) atoms. The van der Waals surface area contributed by atoms with Gasteiger partial charge in [-0.25, -0.2) is 9.59 Å². The van der Waals surface area contributed by atoms with E-state index >= 15 is 0 Å². The summed E-state index contributed by atoms with van der Waals surface area (Å²) in [7, 11) is 0. The number of amides is 4. The van der Waals surface area contributed by atoms with Gasteiger partial charge in [0, 0.05) is 41.1 Å². The molecule has 4 N–H and O–H groups in total. The Labute approximate surface area is 192 Å². The first-order valence-electron chi connectivity index (χ1n) is 10.9. The second-order valence-corrected chi connectivity index (χ2v) is 9.22. The number of para-hydroxylation sites is 1. The molecule has 1 atom stereocenters. The molecule has 1 aliphatic rings. The molecule has 0 aliphatic carbocycles. The van der Waals surface area contributed by atoms with Gasteiger partial charge in [0.15, 0.2) is 0 Å². The van der Waals surface area contributed by atoms with Crippen LogP contribution in [0.25, 0.3) is 10.9 Å². The molecule has 9 heteroatoms. The smallest absolute Gasteiger partial charge is 0.323 e. The molecule has 3 aromatic rings. The molecule has 0 spiro atoms.